The summed E-state index contributed by atoms with van der Waals surface area (Å²) in [7, 11) is 0. The van der Waals surface area contributed by atoms with Crippen LogP contribution in [0, 0.1) is 5.82 Å². The van der Waals surface area contributed by atoms with Crippen LogP contribution in [0.2, 0.25) is 0 Å². The van der Waals surface area contributed by atoms with Crippen LogP contribution >= 0.6 is 0 Å². The largest absolute Gasteiger partial charge is 0.467 e. The Kier molecular flexibility index (Phi) is 4.05. The summed E-state index contributed by atoms with van der Waals surface area (Å²) in [6.45, 7) is 0.199. The molecular formula is C17H13FN2O3. The molecule has 0 saturated heterocycles. The fourth-order valence-electron chi connectivity index (χ4n) is 2.13. The monoisotopic (exact) mass is 312 g/mol. The molecule has 0 aliphatic heterocycles. The molecule has 0 aliphatic carbocycles. The molecule has 0 bridgehead atoms. The van der Waals surface area contributed by atoms with E-state index in [-0.39, 0.29) is 17.9 Å². The second-order valence-corrected chi connectivity index (χ2v) is 4.88. The molecule has 0 radical (unpaired) electrons. The fourth-order valence-corrected chi connectivity index (χ4v) is 2.13. The number of furan rings is 1. The molecule has 1 amide bonds. The van der Waals surface area contributed by atoms with E-state index in [2.05, 4.69) is 10.3 Å². The van der Waals surface area contributed by atoms with E-state index in [9.17, 15) is 14.0 Å². The second-order valence-electron chi connectivity index (χ2n) is 4.88. The van der Waals surface area contributed by atoms with Crippen molar-refractivity contribution < 1.29 is 13.6 Å². The smallest absolute Gasteiger partial charge is 0.261 e. The molecule has 2 aromatic heterocycles. The Bertz CT molecular complexity index is 868. The van der Waals surface area contributed by atoms with Crippen LogP contribution in [-0.2, 0) is 6.54 Å². The Morgan fingerprint density at radius 3 is 2.57 bits per heavy atom. The number of hydrogen-bond acceptors (Lipinski definition) is 3. The lowest BCUT2D eigenvalue weighted by atomic mass is 10.1. The number of carbonyl (C=O) groups is 1. The molecule has 23 heavy (non-hydrogen) atoms. The van der Waals surface area contributed by atoms with Gasteiger partial charge in [-0.1, -0.05) is 0 Å². The Balaban J connectivity index is 1.77. The highest BCUT2D eigenvalue weighted by Gasteiger charge is 2.11. The highest BCUT2D eigenvalue weighted by Crippen LogP contribution is 2.16. The highest BCUT2D eigenvalue weighted by atomic mass is 19.1. The van der Waals surface area contributed by atoms with Crippen molar-refractivity contribution in [2.75, 3.05) is 0 Å². The van der Waals surface area contributed by atoms with Crippen LogP contribution in [0.1, 0.15) is 16.1 Å². The number of pyridine rings is 1. The summed E-state index contributed by atoms with van der Waals surface area (Å²) in [6.07, 6.45) is 1.51. The van der Waals surface area contributed by atoms with Gasteiger partial charge in [0.15, 0.2) is 0 Å². The molecule has 0 unspecified atom stereocenters. The minimum absolute atomic E-state index is 0.00224. The summed E-state index contributed by atoms with van der Waals surface area (Å²) in [5.74, 6) is -0.254. The molecule has 3 aromatic rings. The third-order valence-corrected chi connectivity index (χ3v) is 3.31. The minimum atomic E-state index is -0.510. The average molecular weight is 312 g/mol. The molecule has 6 heteroatoms. The number of benzene rings is 1. The van der Waals surface area contributed by atoms with Gasteiger partial charge in [0, 0.05) is 5.69 Å². The van der Waals surface area contributed by atoms with Gasteiger partial charge in [0.2, 0.25) is 0 Å². The predicted molar refractivity (Wildman–Crippen MR) is 82.3 cm³/mol. The molecule has 116 valence electrons. The van der Waals surface area contributed by atoms with E-state index in [0.717, 1.165) is 0 Å². The van der Waals surface area contributed by atoms with E-state index in [1.165, 1.54) is 24.5 Å². The minimum Gasteiger partial charge on any atom is -0.467 e. The van der Waals surface area contributed by atoms with E-state index in [0.29, 0.717) is 17.0 Å². The predicted octanol–water partition coefficient (Wildman–Crippen LogP) is 2.70. The third kappa shape index (κ3) is 3.37. The van der Waals surface area contributed by atoms with Crippen LogP contribution in [0.5, 0.6) is 0 Å². The van der Waals surface area contributed by atoms with Crippen molar-refractivity contribution in [1.82, 2.24) is 10.3 Å². The van der Waals surface area contributed by atoms with E-state index in [4.69, 9.17) is 4.42 Å². The summed E-state index contributed by atoms with van der Waals surface area (Å²) >= 11 is 0. The number of H-pyrrole nitrogens is 1. The Morgan fingerprint density at radius 2 is 1.91 bits per heavy atom. The first kappa shape index (κ1) is 14.8. The maximum atomic E-state index is 12.9. The number of hydrogen-bond donors (Lipinski definition) is 2. The number of aromatic nitrogens is 1. The van der Waals surface area contributed by atoms with Gasteiger partial charge in [-0.2, -0.15) is 0 Å². The average Bonchev–Trinajstić information content (AvgIpc) is 3.06. The third-order valence-electron chi connectivity index (χ3n) is 3.31. The van der Waals surface area contributed by atoms with E-state index >= 15 is 0 Å². The van der Waals surface area contributed by atoms with Crippen LogP contribution in [0.25, 0.3) is 11.3 Å². The number of carbonyl (C=O) groups excluding carboxylic acids is 1. The van der Waals surface area contributed by atoms with Gasteiger partial charge in [-0.25, -0.2) is 4.39 Å². The molecular weight excluding hydrogens is 299 g/mol. The van der Waals surface area contributed by atoms with Gasteiger partial charge >= 0.3 is 0 Å². The summed E-state index contributed by atoms with van der Waals surface area (Å²) in [5.41, 5.74) is 0.662. The van der Waals surface area contributed by atoms with E-state index in [1.807, 2.05) is 0 Å². The van der Waals surface area contributed by atoms with Crippen LogP contribution < -0.4 is 10.9 Å². The molecule has 0 fully saturated rings. The number of amides is 1. The van der Waals surface area contributed by atoms with Crippen molar-refractivity contribution in [2.24, 2.45) is 0 Å². The number of nitrogens with one attached hydrogen (secondary N) is 2. The second kappa shape index (κ2) is 6.31. The Hall–Kier alpha value is -3.15. The lowest BCUT2D eigenvalue weighted by Crippen LogP contribution is -2.29. The van der Waals surface area contributed by atoms with E-state index in [1.54, 1.807) is 30.3 Å². The van der Waals surface area contributed by atoms with Gasteiger partial charge in [-0.3, -0.25) is 9.59 Å². The summed E-state index contributed by atoms with van der Waals surface area (Å²) in [5, 5.41) is 2.61. The van der Waals surface area contributed by atoms with Gasteiger partial charge in [-0.15, -0.1) is 0 Å². The standard InChI is InChI=1S/C17H13FN2O3/c18-12-5-3-11(4-6-12)15-8-7-14(17(22)20-15)16(21)19-10-13-2-1-9-23-13/h1-9H,10H2,(H,19,21)(H,20,22). The van der Waals surface area contributed by atoms with Crippen molar-refractivity contribution >= 4 is 5.91 Å². The van der Waals surface area contributed by atoms with E-state index < -0.39 is 11.5 Å². The molecule has 0 spiro atoms. The van der Waals surface area contributed by atoms with Gasteiger partial charge in [0.1, 0.15) is 17.1 Å². The van der Waals surface area contributed by atoms with Crippen LogP contribution in [0.3, 0.4) is 0 Å². The zero-order chi connectivity index (χ0) is 16.2. The maximum absolute atomic E-state index is 12.9. The lowest BCUT2D eigenvalue weighted by Gasteiger charge is -2.05. The molecule has 1 aromatic carbocycles. The van der Waals surface area contributed by atoms with Crippen molar-refractivity contribution in [1.29, 1.82) is 0 Å². The van der Waals surface area contributed by atoms with Crippen LogP contribution in [0.4, 0.5) is 4.39 Å². The first-order valence-electron chi connectivity index (χ1n) is 6.93. The molecule has 2 heterocycles. The topological polar surface area (TPSA) is 75.1 Å². The van der Waals surface area contributed by atoms with Gasteiger partial charge < -0.3 is 14.7 Å². The van der Waals surface area contributed by atoms with Crippen molar-refractivity contribution in [3.05, 3.63) is 82.3 Å². The zero-order valence-electron chi connectivity index (χ0n) is 12.0. The maximum Gasteiger partial charge on any atom is 0.261 e. The Labute approximate surface area is 130 Å². The van der Waals surface area contributed by atoms with Gasteiger partial charge in [0.05, 0.1) is 12.8 Å². The Morgan fingerprint density at radius 1 is 1.13 bits per heavy atom. The van der Waals surface area contributed by atoms with Crippen LogP contribution in [0.15, 0.2) is 64.0 Å². The van der Waals surface area contributed by atoms with Crippen molar-refractivity contribution in [3.8, 4) is 11.3 Å². The van der Waals surface area contributed by atoms with Crippen molar-refractivity contribution in [2.45, 2.75) is 6.54 Å². The first-order chi connectivity index (χ1) is 11.1. The van der Waals surface area contributed by atoms with Gasteiger partial charge in [-0.05, 0) is 54.1 Å². The van der Waals surface area contributed by atoms with Crippen molar-refractivity contribution in [3.63, 3.8) is 0 Å². The SMILES string of the molecule is O=C(NCc1ccco1)c1ccc(-c2ccc(F)cc2)[nH]c1=O. The molecule has 0 saturated carbocycles. The quantitative estimate of drug-likeness (QED) is 0.778. The van der Waals surface area contributed by atoms with Gasteiger partial charge in [0.25, 0.3) is 11.5 Å². The molecule has 2 N–H and O–H groups in total. The zero-order valence-corrected chi connectivity index (χ0v) is 12.0. The molecule has 0 atom stereocenters. The fraction of sp³-hybridized carbons (Fsp3) is 0.0588. The number of rotatable bonds is 4. The summed E-state index contributed by atoms with van der Waals surface area (Å²) < 4.78 is 18.0. The van der Waals surface area contributed by atoms with Crippen LogP contribution in [-0.4, -0.2) is 10.9 Å². The normalized spacial score (nSPS) is 10.5. The molecule has 5 nitrogen and oxygen atoms in total. The first-order valence-corrected chi connectivity index (χ1v) is 6.93. The molecule has 3 rings (SSSR count). The highest BCUT2D eigenvalue weighted by molar-refractivity contribution is 5.94. The summed E-state index contributed by atoms with van der Waals surface area (Å²) in [6, 6.07) is 12.2. The number of aromatic amines is 1. The molecule has 0 aliphatic rings. The number of halogens is 1. The summed E-state index contributed by atoms with van der Waals surface area (Å²) in [4.78, 5) is 26.7. The lowest BCUT2D eigenvalue weighted by molar-refractivity contribution is 0.0946.